The fraction of sp³-hybridized carbons (Fsp3) is 0.294. The monoisotopic (exact) mass is 255 g/mol. The number of hydrogen-bond donors (Lipinski definition) is 1. The lowest BCUT2D eigenvalue weighted by atomic mass is 10.1. The number of hydrogen-bond acceptors (Lipinski definition) is 2. The molecule has 19 heavy (non-hydrogen) atoms. The highest BCUT2D eigenvalue weighted by atomic mass is 16.3. The molecule has 1 N–H and O–H groups in total. The van der Waals surface area contributed by atoms with Gasteiger partial charge in [0.2, 0.25) is 0 Å². The van der Waals surface area contributed by atoms with Crippen molar-refractivity contribution in [3.63, 3.8) is 0 Å². The van der Waals surface area contributed by atoms with Crippen molar-refractivity contribution in [2.45, 2.75) is 20.0 Å². The third-order valence-corrected chi connectivity index (χ3v) is 3.28. The van der Waals surface area contributed by atoms with Crippen LogP contribution >= 0.6 is 0 Å². The first-order valence-electron chi connectivity index (χ1n) is 6.58. The Hall–Kier alpha value is -1.80. The van der Waals surface area contributed by atoms with Crippen LogP contribution in [0.3, 0.4) is 0 Å². The molecule has 2 heteroatoms. The van der Waals surface area contributed by atoms with Gasteiger partial charge >= 0.3 is 0 Å². The summed E-state index contributed by atoms with van der Waals surface area (Å²) in [6.45, 7) is 4.78. The summed E-state index contributed by atoms with van der Waals surface area (Å²) in [5.74, 6) is 0. The van der Waals surface area contributed by atoms with Gasteiger partial charge in [-0.05, 0) is 42.7 Å². The van der Waals surface area contributed by atoms with Crippen LogP contribution in [-0.2, 0) is 0 Å². The van der Waals surface area contributed by atoms with E-state index in [0.717, 1.165) is 11.3 Å². The first-order valence-corrected chi connectivity index (χ1v) is 6.58. The summed E-state index contributed by atoms with van der Waals surface area (Å²) in [6.07, 6.45) is -0.466. The van der Waals surface area contributed by atoms with Crippen LogP contribution in [0.25, 0.3) is 0 Å². The summed E-state index contributed by atoms with van der Waals surface area (Å²) in [5.41, 5.74) is 4.60. The predicted molar refractivity (Wildman–Crippen MR) is 80.6 cm³/mol. The van der Waals surface area contributed by atoms with E-state index in [4.69, 9.17) is 0 Å². The molecule has 0 amide bonds. The molecule has 2 rings (SSSR count). The lowest BCUT2D eigenvalue weighted by molar-refractivity contribution is 0.185. The average molecular weight is 255 g/mol. The van der Waals surface area contributed by atoms with Crippen molar-refractivity contribution >= 4 is 5.69 Å². The molecule has 2 aromatic rings. The van der Waals surface area contributed by atoms with Crippen molar-refractivity contribution in [1.29, 1.82) is 0 Å². The molecule has 0 bridgehead atoms. The van der Waals surface area contributed by atoms with Gasteiger partial charge in [0, 0.05) is 19.3 Å². The summed E-state index contributed by atoms with van der Waals surface area (Å²) in [6, 6.07) is 16.2. The average Bonchev–Trinajstić information content (AvgIpc) is 2.38. The van der Waals surface area contributed by atoms with E-state index in [9.17, 15) is 5.11 Å². The zero-order valence-electron chi connectivity index (χ0n) is 11.8. The Labute approximate surface area is 115 Å². The van der Waals surface area contributed by atoms with Crippen LogP contribution < -0.4 is 4.90 Å². The molecule has 0 spiro atoms. The van der Waals surface area contributed by atoms with Crippen molar-refractivity contribution in [3.8, 4) is 0 Å². The Bertz CT molecular complexity index is 516. The summed E-state index contributed by atoms with van der Waals surface area (Å²) in [4.78, 5) is 2.09. The second-order valence-corrected chi connectivity index (χ2v) is 5.15. The standard InChI is InChI=1S/C17H21NO/c1-13-9-14(2)11-16(10-13)18(3)12-17(19)15-7-5-4-6-8-15/h4-11,17,19H,12H2,1-3H3. The van der Waals surface area contributed by atoms with Crippen molar-refractivity contribution in [1.82, 2.24) is 0 Å². The van der Waals surface area contributed by atoms with Gasteiger partial charge in [-0.15, -0.1) is 0 Å². The van der Waals surface area contributed by atoms with E-state index >= 15 is 0 Å². The molecular weight excluding hydrogens is 234 g/mol. The molecule has 2 nitrogen and oxygen atoms in total. The molecule has 0 heterocycles. The highest BCUT2D eigenvalue weighted by Gasteiger charge is 2.11. The van der Waals surface area contributed by atoms with E-state index in [1.54, 1.807) is 0 Å². The Morgan fingerprint density at radius 3 is 2.16 bits per heavy atom. The number of anilines is 1. The van der Waals surface area contributed by atoms with Gasteiger partial charge in [0.05, 0.1) is 6.10 Å². The molecule has 1 unspecified atom stereocenters. The molecule has 100 valence electrons. The quantitative estimate of drug-likeness (QED) is 0.904. The van der Waals surface area contributed by atoms with Crippen molar-refractivity contribution < 1.29 is 5.11 Å². The van der Waals surface area contributed by atoms with Crippen LogP contribution in [0.2, 0.25) is 0 Å². The fourth-order valence-corrected chi connectivity index (χ4v) is 2.32. The third kappa shape index (κ3) is 3.58. The Kier molecular flexibility index (Phi) is 4.23. The van der Waals surface area contributed by atoms with Crippen molar-refractivity contribution in [2.75, 3.05) is 18.5 Å². The zero-order chi connectivity index (χ0) is 13.8. The topological polar surface area (TPSA) is 23.5 Å². The smallest absolute Gasteiger partial charge is 0.0964 e. The molecular formula is C17H21NO. The van der Waals surface area contributed by atoms with Crippen LogP contribution in [0.1, 0.15) is 22.8 Å². The molecule has 0 aliphatic rings. The molecule has 0 aliphatic heterocycles. The van der Waals surface area contributed by atoms with E-state index in [2.05, 4.69) is 36.9 Å². The highest BCUT2D eigenvalue weighted by molar-refractivity contribution is 5.50. The highest BCUT2D eigenvalue weighted by Crippen LogP contribution is 2.21. The van der Waals surface area contributed by atoms with Crippen LogP contribution in [-0.4, -0.2) is 18.7 Å². The largest absolute Gasteiger partial charge is 0.387 e. The van der Waals surface area contributed by atoms with Crippen LogP contribution in [0.5, 0.6) is 0 Å². The van der Waals surface area contributed by atoms with E-state index in [1.807, 2.05) is 37.4 Å². The number of aryl methyl sites for hydroxylation is 2. The van der Waals surface area contributed by atoms with Crippen LogP contribution in [0.15, 0.2) is 48.5 Å². The molecule has 0 saturated heterocycles. The minimum atomic E-state index is -0.466. The number of benzene rings is 2. The van der Waals surface area contributed by atoms with Crippen LogP contribution in [0.4, 0.5) is 5.69 Å². The van der Waals surface area contributed by atoms with E-state index in [1.165, 1.54) is 11.1 Å². The first kappa shape index (κ1) is 13.6. The molecule has 0 aliphatic carbocycles. The number of nitrogens with zero attached hydrogens (tertiary/aromatic N) is 1. The number of likely N-dealkylation sites (N-methyl/N-ethyl adjacent to an activating group) is 1. The first-order chi connectivity index (χ1) is 9.06. The Balaban J connectivity index is 2.10. The van der Waals surface area contributed by atoms with Gasteiger partial charge < -0.3 is 10.0 Å². The molecule has 0 radical (unpaired) electrons. The van der Waals surface area contributed by atoms with Gasteiger partial charge in [0.25, 0.3) is 0 Å². The van der Waals surface area contributed by atoms with Crippen molar-refractivity contribution in [3.05, 3.63) is 65.2 Å². The SMILES string of the molecule is Cc1cc(C)cc(N(C)CC(O)c2ccccc2)c1. The van der Waals surface area contributed by atoms with E-state index < -0.39 is 6.10 Å². The normalized spacial score (nSPS) is 12.2. The molecule has 0 saturated carbocycles. The van der Waals surface area contributed by atoms with Gasteiger partial charge in [-0.3, -0.25) is 0 Å². The molecule has 0 aromatic heterocycles. The Morgan fingerprint density at radius 2 is 1.58 bits per heavy atom. The summed E-state index contributed by atoms with van der Waals surface area (Å²) in [7, 11) is 2.01. The minimum absolute atomic E-state index is 0.466. The summed E-state index contributed by atoms with van der Waals surface area (Å²) in [5, 5.41) is 10.2. The van der Waals surface area contributed by atoms with E-state index in [-0.39, 0.29) is 0 Å². The number of aliphatic hydroxyl groups excluding tert-OH is 1. The lowest BCUT2D eigenvalue weighted by Gasteiger charge is -2.23. The van der Waals surface area contributed by atoms with Crippen LogP contribution in [0, 0.1) is 13.8 Å². The fourth-order valence-electron chi connectivity index (χ4n) is 2.32. The van der Waals surface area contributed by atoms with Gasteiger partial charge in [0.15, 0.2) is 0 Å². The summed E-state index contributed by atoms with van der Waals surface area (Å²) < 4.78 is 0. The Morgan fingerprint density at radius 1 is 1.00 bits per heavy atom. The van der Waals surface area contributed by atoms with Gasteiger partial charge in [0.1, 0.15) is 0 Å². The second kappa shape index (κ2) is 5.89. The van der Waals surface area contributed by atoms with Gasteiger partial charge in [-0.2, -0.15) is 0 Å². The second-order valence-electron chi connectivity index (χ2n) is 5.15. The summed E-state index contributed by atoms with van der Waals surface area (Å²) >= 11 is 0. The number of rotatable bonds is 4. The maximum Gasteiger partial charge on any atom is 0.0964 e. The van der Waals surface area contributed by atoms with Gasteiger partial charge in [-0.25, -0.2) is 0 Å². The molecule has 2 aromatic carbocycles. The third-order valence-electron chi connectivity index (χ3n) is 3.28. The molecule has 0 fully saturated rings. The zero-order valence-corrected chi connectivity index (χ0v) is 11.8. The van der Waals surface area contributed by atoms with Crippen molar-refractivity contribution in [2.24, 2.45) is 0 Å². The molecule has 1 atom stereocenters. The van der Waals surface area contributed by atoms with E-state index in [0.29, 0.717) is 6.54 Å². The minimum Gasteiger partial charge on any atom is -0.387 e. The lowest BCUT2D eigenvalue weighted by Crippen LogP contribution is -2.24. The number of aliphatic hydroxyl groups is 1. The maximum absolute atomic E-state index is 10.2. The predicted octanol–water partition coefficient (Wildman–Crippen LogP) is 3.47. The maximum atomic E-state index is 10.2. The van der Waals surface area contributed by atoms with Gasteiger partial charge in [-0.1, -0.05) is 36.4 Å².